The molecule has 2 unspecified atom stereocenters. The molecule has 1 aliphatic carbocycles. The monoisotopic (exact) mass is 479 g/mol. The predicted molar refractivity (Wildman–Crippen MR) is 147 cm³/mol. The van der Waals surface area contributed by atoms with E-state index >= 15 is 0 Å². The number of imidazole rings is 1. The second-order valence-electron chi connectivity index (χ2n) is 10.6. The molecule has 1 saturated heterocycles. The molecule has 0 saturated carbocycles. The highest BCUT2D eigenvalue weighted by Gasteiger charge is 2.24. The van der Waals surface area contributed by atoms with Crippen molar-refractivity contribution in [1.82, 2.24) is 24.4 Å². The number of fused-ring (bicyclic) bond motifs is 1. The highest BCUT2D eigenvalue weighted by atomic mass is 15.2. The molecule has 2 aliphatic rings. The molecule has 186 valence electrons. The van der Waals surface area contributed by atoms with E-state index in [1.165, 1.54) is 47.3 Å². The van der Waals surface area contributed by atoms with E-state index in [0.717, 1.165) is 37.1 Å². The van der Waals surface area contributed by atoms with E-state index in [9.17, 15) is 0 Å². The van der Waals surface area contributed by atoms with Crippen LogP contribution in [0, 0.1) is 24.7 Å². The SMILES string of the molecule is CC1=C(C#Cc2cnc3cccnn23)CC(CCc2ccc(CN3CCC(N(C)C)C3)c(C)c2)C=C1. The van der Waals surface area contributed by atoms with Gasteiger partial charge in [-0.05, 0) is 99.9 Å². The van der Waals surface area contributed by atoms with Crippen LogP contribution in [0.1, 0.15) is 48.6 Å². The zero-order valence-corrected chi connectivity index (χ0v) is 22.0. The summed E-state index contributed by atoms with van der Waals surface area (Å²) < 4.78 is 1.80. The summed E-state index contributed by atoms with van der Waals surface area (Å²) in [5, 5.41) is 4.37. The van der Waals surface area contributed by atoms with Gasteiger partial charge in [-0.25, -0.2) is 9.50 Å². The second-order valence-corrected chi connectivity index (χ2v) is 10.6. The van der Waals surface area contributed by atoms with Crippen LogP contribution in [0.4, 0.5) is 0 Å². The van der Waals surface area contributed by atoms with E-state index < -0.39 is 0 Å². The van der Waals surface area contributed by atoms with Crippen molar-refractivity contribution in [2.75, 3.05) is 27.2 Å². The Labute approximate surface area is 215 Å². The minimum atomic E-state index is 0.519. The summed E-state index contributed by atoms with van der Waals surface area (Å²) in [5.74, 6) is 7.25. The molecule has 5 heteroatoms. The van der Waals surface area contributed by atoms with Gasteiger partial charge in [0, 0.05) is 37.4 Å². The minimum Gasteiger partial charge on any atom is -0.305 e. The van der Waals surface area contributed by atoms with Crippen molar-refractivity contribution in [2.45, 2.75) is 52.1 Å². The first-order valence-corrected chi connectivity index (χ1v) is 13.1. The first-order valence-electron chi connectivity index (χ1n) is 13.1. The molecular formula is C31H37N5. The van der Waals surface area contributed by atoms with Crippen molar-refractivity contribution >= 4 is 5.65 Å². The lowest BCUT2D eigenvalue weighted by atomic mass is 9.86. The van der Waals surface area contributed by atoms with Crippen LogP contribution < -0.4 is 0 Å². The number of benzene rings is 1. The van der Waals surface area contributed by atoms with Gasteiger partial charge in [0.2, 0.25) is 0 Å². The summed E-state index contributed by atoms with van der Waals surface area (Å²) in [6.07, 6.45) is 12.7. The average Bonchev–Trinajstić information content (AvgIpc) is 3.51. The fourth-order valence-electron chi connectivity index (χ4n) is 5.34. The van der Waals surface area contributed by atoms with Crippen LogP contribution in [-0.2, 0) is 13.0 Å². The first kappa shape index (κ1) is 24.5. The Morgan fingerprint density at radius 3 is 2.83 bits per heavy atom. The van der Waals surface area contributed by atoms with Gasteiger partial charge in [-0.1, -0.05) is 36.3 Å². The third-order valence-corrected chi connectivity index (χ3v) is 7.76. The van der Waals surface area contributed by atoms with Gasteiger partial charge in [-0.3, -0.25) is 4.90 Å². The Bertz CT molecular complexity index is 1350. The van der Waals surface area contributed by atoms with E-state index in [4.69, 9.17) is 0 Å². The minimum absolute atomic E-state index is 0.519. The number of hydrogen-bond donors (Lipinski definition) is 0. The van der Waals surface area contributed by atoms with Gasteiger partial charge in [-0.15, -0.1) is 0 Å². The van der Waals surface area contributed by atoms with Gasteiger partial charge in [0.05, 0.1) is 6.20 Å². The number of allylic oxidation sites excluding steroid dienone is 4. The summed E-state index contributed by atoms with van der Waals surface area (Å²) in [5.41, 5.74) is 8.47. The number of hydrogen-bond acceptors (Lipinski definition) is 4. The molecule has 3 aromatic rings. The van der Waals surface area contributed by atoms with Crippen molar-refractivity contribution in [2.24, 2.45) is 5.92 Å². The molecule has 1 aromatic carbocycles. The van der Waals surface area contributed by atoms with Crippen molar-refractivity contribution in [3.05, 3.63) is 88.4 Å². The lowest BCUT2D eigenvalue weighted by Crippen LogP contribution is -2.31. The summed E-state index contributed by atoms with van der Waals surface area (Å²) in [7, 11) is 4.39. The quantitative estimate of drug-likeness (QED) is 0.464. The Morgan fingerprint density at radius 2 is 2.03 bits per heavy atom. The first-order chi connectivity index (χ1) is 17.5. The van der Waals surface area contributed by atoms with Crippen molar-refractivity contribution in [3.8, 4) is 11.8 Å². The van der Waals surface area contributed by atoms with Crippen LogP contribution >= 0.6 is 0 Å². The Morgan fingerprint density at radius 1 is 1.14 bits per heavy atom. The Balaban J connectivity index is 1.17. The normalized spacial score (nSPS) is 20.4. The van der Waals surface area contributed by atoms with Crippen LogP contribution in [0.3, 0.4) is 0 Å². The lowest BCUT2D eigenvalue weighted by molar-refractivity contribution is 0.264. The zero-order valence-electron chi connectivity index (χ0n) is 22.0. The molecule has 5 rings (SSSR count). The zero-order chi connectivity index (χ0) is 25.1. The lowest BCUT2D eigenvalue weighted by Gasteiger charge is -2.21. The number of aromatic nitrogens is 3. The van der Waals surface area contributed by atoms with E-state index in [1.54, 1.807) is 16.9 Å². The van der Waals surface area contributed by atoms with Crippen LogP contribution in [0.2, 0.25) is 0 Å². The fourth-order valence-corrected chi connectivity index (χ4v) is 5.34. The predicted octanol–water partition coefficient (Wildman–Crippen LogP) is 5.05. The summed E-state index contributed by atoms with van der Waals surface area (Å²) in [4.78, 5) is 9.35. The molecule has 1 aliphatic heterocycles. The van der Waals surface area contributed by atoms with Gasteiger partial charge in [0.1, 0.15) is 5.69 Å². The molecule has 36 heavy (non-hydrogen) atoms. The molecule has 0 bridgehead atoms. The number of aryl methyl sites for hydroxylation is 2. The van der Waals surface area contributed by atoms with Gasteiger partial charge in [0.25, 0.3) is 0 Å². The van der Waals surface area contributed by atoms with Crippen LogP contribution in [0.25, 0.3) is 5.65 Å². The van der Waals surface area contributed by atoms with Crippen molar-refractivity contribution in [1.29, 1.82) is 0 Å². The molecular weight excluding hydrogens is 442 g/mol. The molecule has 2 aromatic heterocycles. The van der Waals surface area contributed by atoms with E-state index in [2.05, 4.69) is 90.0 Å². The van der Waals surface area contributed by atoms with Crippen LogP contribution in [0.15, 0.2) is 66.0 Å². The molecule has 0 spiro atoms. The third-order valence-electron chi connectivity index (χ3n) is 7.76. The largest absolute Gasteiger partial charge is 0.305 e. The van der Waals surface area contributed by atoms with Gasteiger partial charge < -0.3 is 4.90 Å². The molecule has 3 heterocycles. The number of likely N-dealkylation sites (tertiary alicyclic amines) is 1. The van der Waals surface area contributed by atoms with Crippen LogP contribution in [-0.4, -0.2) is 57.6 Å². The number of nitrogens with zero attached hydrogens (tertiary/aromatic N) is 5. The van der Waals surface area contributed by atoms with Gasteiger partial charge in [0.15, 0.2) is 5.65 Å². The van der Waals surface area contributed by atoms with Gasteiger partial charge in [-0.2, -0.15) is 5.10 Å². The highest BCUT2D eigenvalue weighted by Crippen LogP contribution is 2.27. The Kier molecular flexibility index (Phi) is 7.36. The smallest absolute Gasteiger partial charge is 0.154 e. The highest BCUT2D eigenvalue weighted by molar-refractivity contribution is 5.48. The molecule has 0 amide bonds. The maximum atomic E-state index is 4.39. The van der Waals surface area contributed by atoms with E-state index in [0.29, 0.717) is 12.0 Å². The van der Waals surface area contributed by atoms with Crippen LogP contribution in [0.5, 0.6) is 0 Å². The standard InChI is InChI=1S/C31H37N5/c1-23-7-8-26(19-27(23)13-14-29-20-32-31-6-5-16-33-36(29)31)10-9-25-11-12-28(24(2)18-25)21-35-17-15-30(22-35)34(3)4/h5-8,11-12,16,18,20,26,30H,9-10,15,17,19,21-22H2,1-4H3. The molecule has 0 N–H and O–H groups in total. The molecule has 5 nitrogen and oxygen atoms in total. The number of rotatable bonds is 6. The summed E-state index contributed by atoms with van der Waals surface area (Å²) >= 11 is 0. The van der Waals surface area contributed by atoms with Gasteiger partial charge >= 0.3 is 0 Å². The maximum Gasteiger partial charge on any atom is 0.154 e. The van der Waals surface area contributed by atoms with Crippen molar-refractivity contribution in [3.63, 3.8) is 0 Å². The summed E-state index contributed by atoms with van der Waals surface area (Å²) in [6, 6.07) is 11.6. The Hall–Kier alpha value is -3.20. The topological polar surface area (TPSA) is 36.7 Å². The summed E-state index contributed by atoms with van der Waals surface area (Å²) in [6.45, 7) is 7.87. The number of likely N-dealkylation sites (N-methyl/N-ethyl adjacent to an activating group) is 1. The van der Waals surface area contributed by atoms with E-state index in [-0.39, 0.29) is 0 Å². The second kappa shape index (κ2) is 10.8. The fraction of sp³-hybridized carbons (Fsp3) is 0.419. The molecule has 1 fully saturated rings. The average molecular weight is 480 g/mol. The molecule has 2 atom stereocenters. The van der Waals surface area contributed by atoms with Crippen molar-refractivity contribution < 1.29 is 0 Å². The molecule has 0 radical (unpaired) electrons. The maximum absolute atomic E-state index is 4.39. The third kappa shape index (κ3) is 5.61. The van der Waals surface area contributed by atoms with E-state index in [1.807, 2.05) is 12.1 Å².